The van der Waals surface area contributed by atoms with Crippen LogP contribution in [0.4, 0.5) is 5.69 Å². The zero-order valence-corrected chi connectivity index (χ0v) is 19.2. The summed E-state index contributed by atoms with van der Waals surface area (Å²) in [5.41, 5.74) is 2.03. The van der Waals surface area contributed by atoms with Gasteiger partial charge in [-0.3, -0.25) is 4.79 Å². The van der Waals surface area contributed by atoms with Crippen molar-refractivity contribution in [2.75, 3.05) is 24.5 Å². The van der Waals surface area contributed by atoms with Gasteiger partial charge in [-0.05, 0) is 57.5 Å². The van der Waals surface area contributed by atoms with E-state index in [4.69, 9.17) is 16.3 Å². The maximum absolute atomic E-state index is 13.3. The maximum atomic E-state index is 13.3. The first-order chi connectivity index (χ1) is 14.1. The molecule has 0 aliphatic carbocycles. The zero-order chi connectivity index (χ0) is 22.1. The van der Waals surface area contributed by atoms with E-state index in [9.17, 15) is 13.2 Å². The summed E-state index contributed by atoms with van der Waals surface area (Å²) in [6, 6.07) is 12.0. The lowest BCUT2D eigenvalue weighted by Crippen LogP contribution is -2.48. The summed E-state index contributed by atoms with van der Waals surface area (Å²) in [5, 5.41) is 0.0947. The van der Waals surface area contributed by atoms with E-state index < -0.39 is 10.0 Å². The van der Waals surface area contributed by atoms with Crippen LogP contribution in [0.2, 0.25) is 5.02 Å². The number of para-hydroxylation sites is 1. The molecule has 30 heavy (non-hydrogen) atoms. The molecule has 0 radical (unpaired) electrons. The van der Waals surface area contributed by atoms with Gasteiger partial charge in [0, 0.05) is 30.9 Å². The molecule has 1 aliphatic rings. The van der Waals surface area contributed by atoms with Gasteiger partial charge in [-0.1, -0.05) is 29.8 Å². The number of aryl methyl sites for hydroxylation is 1. The summed E-state index contributed by atoms with van der Waals surface area (Å²) >= 11 is 6.27. The highest BCUT2D eigenvalue weighted by molar-refractivity contribution is 7.89. The van der Waals surface area contributed by atoms with E-state index in [0.717, 1.165) is 11.3 Å². The lowest BCUT2D eigenvalue weighted by molar-refractivity contribution is -0.0440. The number of ether oxygens (including phenoxy) is 1. The quantitative estimate of drug-likeness (QED) is 0.687. The van der Waals surface area contributed by atoms with Gasteiger partial charge in [-0.2, -0.15) is 4.31 Å². The molecular weight excluding hydrogens is 424 g/mol. The molecule has 1 saturated heterocycles. The van der Waals surface area contributed by atoms with Crippen LogP contribution in [0.3, 0.4) is 0 Å². The third-order valence-corrected chi connectivity index (χ3v) is 7.46. The van der Waals surface area contributed by atoms with Gasteiger partial charge in [0.2, 0.25) is 10.0 Å². The first kappa shape index (κ1) is 22.7. The van der Waals surface area contributed by atoms with Gasteiger partial charge in [-0.15, -0.1) is 0 Å². The molecule has 8 heteroatoms. The van der Waals surface area contributed by atoms with Crippen molar-refractivity contribution >= 4 is 33.2 Å². The molecule has 2 aromatic rings. The number of anilines is 1. The van der Waals surface area contributed by atoms with Crippen LogP contribution in [0.1, 0.15) is 36.7 Å². The van der Waals surface area contributed by atoms with Gasteiger partial charge in [0.15, 0.2) is 0 Å². The van der Waals surface area contributed by atoms with Crippen LogP contribution in [0.25, 0.3) is 0 Å². The number of carbonyl (C=O) groups excluding carboxylic acids is 1. The van der Waals surface area contributed by atoms with Crippen LogP contribution in [0.15, 0.2) is 47.4 Å². The largest absolute Gasteiger partial charge is 0.373 e. The fourth-order valence-corrected chi connectivity index (χ4v) is 5.84. The van der Waals surface area contributed by atoms with Crippen molar-refractivity contribution in [1.82, 2.24) is 4.31 Å². The van der Waals surface area contributed by atoms with Crippen LogP contribution in [0, 0.1) is 6.92 Å². The number of amides is 1. The minimum Gasteiger partial charge on any atom is -0.373 e. The van der Waals surface area contributed by atoms with Crippen molar-refractivity contribution in [1.29, 1.82) is 0 Å². The minimum absolute atomic E-state index is 0.0582. The number of hydrogen-bond donors (Lipinski definition) is 0. The molecule has 1 heterocycles. The SMILES string of the molecule is CCN(C(=O)c1ccc(Cl)c(S(=O)(=O)N2C[C@H](C)O[C@@H](C)C2)c1)c1ccccc1C. The number of rotatable bonds is 5. The van der Waals surface area contributed by atoms with E-state index in [-0.39, 0.29) is 46.7 Å². The van der Waals surface area contributed by atoms with E-state index in [2.05, 4.69) is 0 Å². The Labute approximate surface area is 183 Å². The Hall–Kier alpha value is -1.93. The van der Waals surface area contributed by atoms with Crippen LogP contribution in [0.5, 0.6) is 0 Å². The molecule has 3 rings (SSSR count). The summed E-state index contributed by atoms with van der Waals surface area (Å²) < 4.78 is 33.6. The van der Waals surface area contributed by atoms with E-state index in [1.54, 1.807) is 11.0 Å². The molecule has 2 atom stereocenters. The van der Waals surface area contributed by atoms with Crippen molar-refractivity contribution in [3.63, 3.8) is 0 Å². The van der Waals surface area contributed by atoms with Gasteiger partial charge >= 0.3 is 0 Å². The number of carbonyl (C=O) groups is 1. The highest BCUT2D eigenvalue weighted by atomic mass is 35.5. The monoisotopic (exact) mass is 450 g/mol. The normalized spacial score (nSPS) is 20.2. The fraction of sp³-hybridized carbons (Fsp3) is 0.409. The molecule has 0 bridgehead atoms. The maximum Gasteiger partial charge on any atom is 0.258 e. The molecule has 162 valence electrons. The van der Waals surface area contributed by atoms with E-state index in [0.29, 0.717) is 6.54 Å². The van der Waals surface area contributed by atoms with E-state index in [1.807, 2.05) is 52.0 Å². The van der Waals surface area contributed by atoms with Gasteiger partial charge in [0.25, 0.3) is 5.91 Å². The molecule has 0 spiro atoms. The third-order valence-electron chi connectivity index (χ3n) is 5.15. The van der Waals surface area contributed by atoms with Crippen molar-refractivity contribution < 1.29 is 17.9 Å². The zero-order valence-electron chi connectivity index (χ0n) is 17.6. The first-order valence-electron chi connectivity index (χ1n) is 9.97. The number of morpholine rings is 1. The van der Waals surface area contributed by atoms with Crippen molar-refractivity contribution in [3.05, 3.63) is 58.6 Å². The highest BCUT2D eigenvalue weighted by Crippen LogP contribution is 2.29. The van der Waals surface area contributed by atoms with E-state index in [1.165, 1.54) is 16.4 Å². The number of nitrogens with zero attached hydrogens (tertiary/aromatic N) is 2. The predicted octanol–water partition coefficient (Wildman–Crippen LogP) is 4.11. The molecule has 0 aromatic heterocycles. The van der Waals surface area contributed by atoms with Crippen LogP contribution < -0.4 is 4.90 Å². The molecule has 1 aliphatic heterocycles. The second-order valence-electron chi connectivity index (χ2n) is 7.56. The van der Waals surface area contributed by atoms with Gasteiger partial charge in [0.05, 0.1) is 17.2 Å². The second kappa shape index (κ2) is 9.06. The Kier molecular flexibility index (Phi) is 6.87. The lowest BCUT2D eigenvalue weighted by atomic mass is 10.1. The Morgan fingerprint density at radius 3 is 2.40 bits per heavy atom. The van der Waals surface area contributed by atoms with Gasteiger partial charge < -0.3 is 9.64 Å². The average molecular weight is 451 g/mol. The first-order valence-corrected chi connectivity index (χ1v) is 11.8. The topological polar surface area (TPSA) is 66.9 Å². The van der Waals surface area contributed by atoms with Crippen molar-refractivity contribution in [2.45, 2.75) is 44.8 Å². The Morgan fingerprint density at radius 1 is 1.17 bits per heavy atom. The van der Waals surface area contributed by atoms with Crippen LogP contribution in [-0.4, -0.2) is 50.5 Å². The summed E-state index contributed by atoms with van der Waals surface area (Å²) in [6.45, 7) is 8.42. The molecule has 0 saturated carbocycles. The van der Waals surface area contributed by atoms with Crippen LogP contribution in [-0.2, 0) is 14.8 Å². The Balaban J connectivity index is 1.98. The molecule has 2 aromatic carbocycles. The number of sulfonamides is 1. The second-order valence-corrected chi connectivity index (χ2v) is 9.87. The smallest absolute Gasteiger partial charge is 0.258 e. The average Bonchev–Trinajstić information content (AvgIpc) is 2.69. The number of hydrogen-bond acceptors (Lipinski definition) is 4. The van der Waals surface area contributed by atoms with Crippen molar-refractivity contribution in [3.8, 4) is 0 Å². The summed E-state index contributed by atoms with van der Waals surface area (Å²) in [6.07, 6.45) is -0.437. The summed E-state index contributed by atoms with van der Waals surface area (Å²) in [5.74, 6) is -0.274. The lowest BCUT2D eigenvalue weighted by Gasteiger charge is -2.34. The third kappa shape index (κ3) is 4.54. The standard InChI is InChI=1S/C22H27ClN2O4S/c1-5-25(20-9-7-6-8-15(20)2)22(26)18-10-11-19(23)21(12-18)30(27,28)24-13-16(3)29-17(4)14-24/h6-12,16-17H,5,13-14H2,1-4H3/t16-,17-/m0/s1. The molecule has 0 unspecified atom stereocenters. The molecule has 1 fully saturated rings. The fourth-order valence-electron chi connectivity index (χ4n) is 3.75. The molecule has 1 amide bonds. The van der Waals surface area contributed by atoms with E-state index >= 15 is 0 Å². The Bertz CT molecular complexity index is 1030. The molecule has 0 N–H and O–H groups in total. The molecular formula is C22H27ClN2O4S. The molecule has 6 nitrogen and oxygen atoms in total. The van der Waals surface area contributed by atoms with Crippen LogP contribution >= 0.6 is 11.6 Å². The van der Waals surface area contributed by atoms with Gasteiger partial charge in [-0.25, -0.2) is 8.42 Å². The number of benzene rings is 2. The number of halogens is 1. The Morgan fingerprint density at radius 2 is 1.80 bits per heavy atom. The minimum atomic E-state index is -3.87. The van der Waals surface area contributed by atoms with Gasteiger partial charge in [0.1, 0.15) is 4.90 Å². The predicted molar refractivity (Wildman–Crippen MR) is 119 cm³/mol. The van der Waals surface area contributed by atoms with Crippen molar-refractivity contribution in [2.24, 2.45) is 0 Å². The summed E-state index contributed by atoms with van der Waals surface area (Å²) in [7, 11) is -3.87. The highest BCUT2D eigenvalue weighted by Gasteiger charge is 2.34. The summed E-state index contributed by atoms with van der Waals surface area (Å²) in [4.78, 5) is 14.8.